The van der Waals surface area contributed by atoms with Crippen molar-refractivity contribution in [3.05, 3.63) is 59.1 Å². The number of rotatable bonds is 6. The minimum Gasteiger partial charge on any atom is -0.480 e. The number of amides is 1. The molecule has 7 heteroatoms. The lowest BCUT2D eigenvalue weighted by Crippen LogP contribution is -2.24. The Balaban J connectivity index is 1.78. The molecular weight excluding hydrogens is 332 g/mol. The second-order valence-corrected chi connectivity index (χ2v) is 4.99. The predicted octanol–water partition coefficient (Wildman–Crippen LogP) is 2.77. The van der Waals surface area contributed by atoms with Gasteiger partial charge in [0.05, 0.1) is 16.3 Å². The summed E-state index contributed by atoms with van der Waals surface area (Å²) in [6.45, 7) is -0.851. The fourth-order valence-electron chi connectivity index (χ4n) is 1.76. The van der Waals surface area contributed by atoms with Crippen molar-refractivity contribution < 1.29 is 19.1 Å². The van der Waals surface area contributed by atoms with E-state index >= 15 is 0 Å². The third-order valence-corrected chi connectivity index (χ3v) is 3.18. The van der Waals surface area contributed by atoms with Crippen LogP contribution in [0.1, 0.15) is 5.56 Å². The van der Waals surface area contributed by atoms with Crippen molar-refractivity contribution in [3.8, 4) is 11.8 Å². The molecular formula is C17H13ClN2O4. The normalized spacial score (nSPS) is 9.67. The van der Waals surface area contributed by atoms with E-state index in [-0.39, 0.29) is 6.61 Å². The van der Waals surface area contributed by atoms with Gasteiger partial charge in [0.1, 0.15) is 11.8 Å². The number of para-hydroxylation sites is 2. The first-order valence-corrected chi connectivity index (χ1v) is 7.30. The second kappa shape index (κ2) is 8.56. The highest BCUT2D eigenvalue weighted by Gasteiger charge is 2.11. The molecule has 1 amide bonds. The third kappa shape index (κ3) is 5.00. The summed E-state index contributed by atoms with van der Waals surface area (Å²) in [4.78, 5) is 23.3. The Bertz CT molecular complexity index is 786. The Kier molecular flexibility index (Phi) is 6.17. The van der Waals surface area contributed by atoms with Crippen molar-refractivity contribution in [1.29, 1.82) is 5.26 Å². The molecule has 0 atom stereocenters. The number of halogens is 1. The topological polar surface area (TPSA) is 88.4 Å². The Morgan fingerprint density at radius 3 is 2.54 bits per heavy atom. The van der Waals surface area contributed by atoms with Crippen LogP contribution in [-0.2, 0) is 14.3 Å². The van der Waals surface area contributed by atoms with E-state index in [1.165, 1.54) is 0 Å². The number of nitrogens with zero attached hydrogens (tertiary/aromatic N) is 1. The molecule has 0 unspecified atom stereocenters. The number of esters is 1. The van der Waals surface area contributed by atoms with Crippen LogP contribution in [0.15, 0.2) is 48.5 Å². The molecule has 0 fully saturated rings. The maximum absolute atomic E-state index is 11.8. The average Bonchev–Trinajstić information content (AvgIpc) is 2.59. The first-order valence-electron chi connectivity index (χ1n) is 6.92. The molecule has 0 aliphatic heterocycles. The van der Waals surface area contributed by atoms with Crippen molar-refractivity contribution in [2.24, 2.45) is 0 Å². The number of ether oxygens (including phenoxy) is 2. The lowest BCUT2D eigenvalue weighted by Gasteiger charge is -2.09. The van der Waals surface area contributed by atoms with E-state index in [2.05, 4.69) is 5.32 Å². The summed E-state index contributed by atoms with van der Waals surface area (Å²) in [5.41, 5.74) is 0.674. The zero-order chi connectivity index (χ0) is 17.4. The maximum atomic E-state index is 11.8. The van der Waals surface area contributed by atoms with E-state index in [1.807, 2.05) is 6.07 Å². The number of hydrogen-bond acceptors (Lipinski definition) is 5. The molecule has 0 heterocycles. The lowest BCUT2D eigenvalue weighted by molar-refractivity contribution is -0.149. The summed E-state index contributed by atoms with van der Waals surface area (Å²) in [5.74, 6) is -0.911. The summed E-state index contributed by atoms with van der Waals surface area (Å²) < 4.78 is 10.0. The summed E-state index contributed by atoms with van der Waals surface area (Å²) >= 11 is 5.89. The van der Waals surface area contributed by atoms with Gasteiger partial charge in [0.15, 0.2) is 13.2 Å². The summed E-state index contributed by atoms with van der Waals surface area (Å²) in [6, 6.07) is 15.2. The predicted molar refractivity (Wildman–Crippen MR) is 87.7 cm³/mol. The SMILES string of the molecule is N#Cc1ccccc1NC(=O)COC(=O)COc1ccccc1Cl. The van der Waals surface area contributed by atoms with E-state index in [0.717, 1.165) is 0 Å². The third-order valence-electron chi connectivity index (χ3n) is 2.87. The molecule has 0 radical (unpaired) electrons. The van der Waals surface area contributed by atoms with Crippen LogP contribution in [-0.4, -0.2) is 25.1 Å². The standard InChI is InChI=1S/C17H13ClN2O4/c18-13-6-2-4-8-15(13)23-11-17(22)24-10-16(21)20-14-7-3-1-5-12(14)9-19/h1-8H,10-11H2,(H,20,21). The van der Waals surface area contributed by atoms with E-state index in [1.54, 1.807) is 48.5 Å². The zero-order valence-corrected chi connectivity index (χ0v) is 13.2. The molecule has 0 spiro atoms. The number of carbonyl (C=O) groups excluding carboxylic acids is 2. The number of nitriles is 1. The van der Waals surface area contributed by atoms with Crippen LogP contribution in [0, 0.1) is 11.3 Å². The number of nitrogens with one attached hydrogen (secondary N) is 1. The minimum absolute atomic E-state index is 0.319. The molecule has 2 rings (SSSR count). The van der Waals surface area contributed by atoms with Gasteiger partial charge in [-0.25, -0.2) is 4.79 Å². The van der Waals surface area contributed by atoms with Gasteiger partial charge in [-0.2, -0.15) is 5.26 Å². The van der Waals surface area contributed by atoms with Crippen molar-refractivity contribution in [2.75, 3.05) is 18.5 Å². The molecule has 0 aromatic heterocycles. The van der Waals surface area contributed by atoms with Gasteiger partial charge in [-0.15, -0.1) is 0 Å². The average molecular weight is 345 g/mol. The molecule has 0 saturated carbocycles. The first kappa shape index (κ1) is 17.3. The Hall–Kier alpha value is -3.04. The van der Waals surface area contributed by atoms with Crippen LogP contribution >= 0.6 is 11.6 Å². The molecule has 122 valence electrons. The van der Waals surface area contributed by atoms with E-state index in [4.69, 9.17) is 26.3 Å². The van der Waals surface area contributed by atoms with Crippen molar-refractivity contribution in [3.63, 3.8) is 0 Å². The van der Waals surface area contributed by atoms with Gasteiger partial charge in [0.2, 0.25) is 0 Å². The second-order valence-electron chi connectivity index (χ2n) is 4.59. The quantitative estimate of drug-likeness (QED) is 0.814. The van der Waals surface area contributed by atoms with Gasteiger partial charge in [-0.3, -0.25) is 4.79 Å². The van der Waals surface area contributed by atoms with Gasteiger partial charge in [-0.05, 0) is 24.3 Å². The molecule has 0 aliphatic rings. The molecule has 0 saturated heterocycles. The molecule has 0 bridgehead atoms. The van der Waals surface area contributed by atoms with Crippen molar-refractivity contribution in [2.45, 2.75) is 0 Å². The van der Waals surface area contributed by atoms with Crippen molar-refractivity contribution >= 4 is 29.2 Å². The summed E-state index contributed by atoms with van der Waals surface area (Å²) in [7, 11) is 0. The maximum Gasteiger partial charge on any atom is 0.344 e. The minimum atomic E-state index is -0.710. The smallest absolute Gasteiger partial charge is 0.344 e. The van der Waals surface area contributed by atoms with Gasteiger partial charge < -0.3 is 14.8 Å². The molecule has 2 aromatic rings. The van der Waals surface area contributed by atoms with Crippen LogP contribution in [0.3, 0.4) is 0 Å². The first-order chi connectivity index (χ1) is 11.6. The van der Waals surface area contributed by atoms with Crippen LogP contribution in [0.5, 0.6) is 5.75 Å². The molecule has 6 nitrogen and oxygen atoms in total. The molecule has 24 heavy (non-hydrogen) atoms. The lowest BCUT2D eigenvalue weighted by atomic mass is 10.2. The number of carbonyl (C=O) groups is 2. The zero-order valence-electron chi connectivity index (χ0n) is 12.5. The van der Waals surface area contributed by atoms with Gasteiger partial charge in [0, 0.05) is 0 Å². The molecule has 2 aromatic carbocycles. The number of hydrogen-bond donors (Lipinski definition) is 1. The Labute approximate surface area is 143 Å². The highest BCUT2D eigenvalue weighted by atomic mass is 35.5. The molecule has 0 aliphatic carbocycles. The van der Waals surface area contributed by atoms with E-state index in [0.29, 0.717) is 22.0 Å². The Morgan fingerprint density at radius 2 is 1.79 bits per heavy atom. The number of benzene rings is 2. The fourth-order valence-corrected chi connectivity index (χ4v) is 1.95. The van der Waals surface area contributed by atoms with Gasteiger partial charge in [-0.1, -0.05) is 35.9 Å². The highest BCUT2D eigenvalue weighted by Crippen LogP contribution is 2.22. The van der Waals surface area contributed by atoms with Crippen LogP contribution in [0.4, 0.5) is 5.69 Å². The van der Waals surface area contributed by atoms with Crippen molar-refractivity contribution in [1.82, 2.24) is 0 Å². The highest BCUT2D eigenvalue weighted by molar-refractivity contribution is 6.32. The monoisotopic (exact) mass is 344 g/mol. The van der Waals surface area contributed by atoms with Crippen LogP contribution in [0.2, 0.25) is 5.02 Å². The van der Waals surface area contributed by atoms with Gasteiger partial charge in [0.25, 0.3) is 5.91 Å². The van der Waals surface area contributed by atoms with Gasteiger partial charge >= 0.3 is 5.97 Å². The summed E-state index contributed by atoms with van der Waals surface area (Å²) in [5, 5.41) is 11.8. The summed E-state index contributed by atoms with van der Waals surface area (Å²) in [6.07, 6.45) is 0. The fraction of sp³-hybridized carbons (Fsp3) is 0.118. The number of anilines is 1. The van der Waals surface area contributed by atoms with Crippen LogP contribution < -0.4 is 10.1 Å². The largest absolute Gasteiger partial charge is 0.480 e. The van der Waals surface area contributed by atoms with E-state index in [9.17, 15) is 9.59 Å². The molecule has 1 N–H and O–H groups in total. The van der Waals surface area contributed by atoms with E-state index < -0.39 is 18.5 Å². The van der Waals surface area contributed by atoms with Crippen LogP contribution in [0.25, 0.3) is 0 Å². The Morgan fingerprint density at radius 1 is 1.08 bits per heavy atom.